The van der Waals surface area contributed by atoms with Gasteiger partial charge in [-0.25, -0.2) is 4.39 Å². The number of likely N-dealkylation sites (N-methyl/N-ethyl adjacent to an activating group) is 1. The summed E-state index contributed by atoms with van der Waals surface area (Å²) in [5.41, 5.74) is -0.0293. The average molecular weight is 551 g/mol. The van der Waals surface area contributed by atoms with Crippen molar-refractivity contribution in [2.75, 3.05) is 49.6 Å². The number of anilines is 2. The molecule has 1 atom stereocenters. The summed E-state index contributed by atoms with van der Waals surface area (Å²) in [6.07, 6.45) is -4.61. The van der Waals surface area contributed by atoms with Crippen molar-refractivity contribution in [3.05, 3.63) is 45.4 Å². The van der Waals surface area contributed by atoms with Crippen molar-refractivity contribution in [2.24, 2.45) is 0 Å². The molecule has 1 aliphatic rings. The van der Waals surface area contributed by atoms with E-state index in [1.54, 1.807) is 0 Å². The fraction of sp³-hybridized carbons (Fsp3) is 0.409. The zero-order chi connectivity index (χ0) is 26.5. The molecule has 1 saturated heterocycles. The van der Waals surface area contributed by atoms with Gasteiger partial charge in [-0.3, -0.25) is 19.3 Å². The lowest BCUT2D eigenvalue weighted by atomic mass is 10.2. The number of alkyl halides is 3. The third kappa shape index (κ3) is 7.38. The van der Waals surface area contributed by atoms with Crippen LogP contribution in [0.2, 0.25) is 4.34 Å². The Balaban J connectivity index is 1.77. The molecule has 8 nitrogen and oxygen atoms in total. The molecule has 0 bridgehead atoms. The first-order valence-electron chi connectivity index (χ1n) is 10.8. The molecule has 0 unspecified atom stereocenters. The second-order valence-electron chi connectivity index (χ2n) is 7.76. The topological polar surface area (TPSA) is 91.0 Å². The molecular weight excluding hydrogens is 528 g/mol. The fourth-order valence-electron chi connectivity index (χ4n) is 3.55. The first kappa shape index (κ1) is 27.8. The number of hydrogen-bond donors (Lipinski definition) is 2. The number of benzene rings is 1. The summed E-state index contributed by atoms with van der Waals surface area (Å²) in [7, 11) is 0. The molecule has 14 heteroatoms. The Morgan fingerprint density at radius 3 is 2.61 bits per heavy atom. The number of nitrogens with one attached hydrogen (secondary N) is 2. The highest BCUT2D eigenvalue weighted by molar-refractivity contribution is 7.18. The number of amides is 3. The molecule has 1 aromatic carbocycles. The molecule has 2 N–H and O–H groups in total. The van der Waals surface area contributed by atoms with E-state index in [0.717, 1.165) is 22.3 Å². The van der Waals surface area contributed by atoms with Gasteiger partial charge in [-0.2, -0.15) is 13.2 Å². The van der Waals surface area contributed by atoms with Crippen LogP contribution < -0.4 is 15.5 Å². The number of morpholine rings is 1. The van der Waals surface area contributed by atoms with E-state index in [9.17, 15) is 31.9 Å². The number of rotatable bonds is 9. The Morgan fingerprint density at radius 1 is 1.28 bits per heavy atom. The molecule has 36 heavy (non-hydrogen) atoms. The van der Waals surface area contributed by atoms with Crippen LogP contribution >= 0.6 is 22.9 Å². The molecule has 0 spiro atoms. The Labute approximate surface area is 213 Å². The lowest BCUT2D eigenvalue weighted by Crippen LogP contribution is -2.53. The number of hydrogen-bond acceptors (Lipinski definition) is 6. The number of carbonyl (C=O) groups is 3. The minimum Gasteiger partial charge on any atom is -0.370 e. The molecule has 1 aromatic heterocycles. The van der Waals surface area contributed by atoms with Crippen LogP contribution in [-0.4, -0.2) is 74.2 Å². The Hall–Kier alpha value is -2.74. The number of nitrogens with zero attached hydrogens (tertiary/aromatic N) is 2. The van der Waals surface area contributed by atoms with E-state index in [-0.39, 0.29) is 48.5 Å². The van der Waals surface area contributed by atoms with Gasteiger partial charge >= 0.3 is 6.18 Å². The predicted molar refractivity (Wildman–Crippen MR) is 127 cm³/mol. The van der Waals surface area contributed by atoms with Crippen LogP contribution in [0.15, 0.2) is 30.3 Å². The van der Waals surface area contributed by atoms with Crippen molar-refractivity contribution in [3.8, 4) is 0 Å². The highest BCUT2D eigenvalue weighted by atomic mass is 35.5. The van der Waals surface area contributed by atoms with Gasteiger partial charge < -0.3 is 20.3 Å². The third-order valence-corrected chi connectivity index (χ3v) is 6.52. The van der Waals surface area contributed by atoms with Crippen LogP contribution in [0, 0.1) is 5.82 Å². The van der Waals surface area contributed by atoms with Gasteiger partial charge in [-0.05, 0) is 36.9 Å². The van der Waals surface area contributed by atoms with Crippen LogP contribution in [-0.2, 0) is 14.3 Å². The third-order valence-electron chi connectivity index (χ3n) is 5.29. The van der Waals surface area contributed by atoms with E-state index in [1.165, 1.54) is 36.1 Å². The second kappa shape index (κ2) is 12.0. The predicted octanol–water partition coefficient (Wildman–Crippen LogP) is 3.53. The summed E-state index contributed by atoms with van der Waals surface area (Å²) >= 11 is 6.79. The van der Waals surface area contributed by atoms with Gasteiger partial charge in [0, 0.05) is 18.8 Å². The average Bonchev–Trinajstić information content (AvgIpc) is 3.25. The zero-order valence-electron chi connectivity index (χ0n) is 19.0. The summed E-state index contributed by atoms with van der Waals surface area (Å²) in [4.78, 5) is 39.7. The van der Waals surface area contributed by atoms with Crippen LogP contribution in [0.4, 0.5) is 28.9 Å². The number of thiophene rings is 1. The fourth-order valence-corrected chi connectivity index (χ4v) is 4.51. The van der Waals surface area contributed by atoms with E-state index in [4.69, 9.17) is 16.3 Å². The maximum Gasteiger partial charge on any atom is 0.401 e. The van der Waals surface area contributed by atoms with Crippen molar-refractivity contribution < 1.29 is 36.7 Å². The zero-order valence-corrected chi connectivity index (χ0v) is 20.6. The quantitative estimate of drug-likeness (QED) is 0.466. The van der Waals surface area contributed by atoms with Crippen molar-refractivity contribution in [3.63, 3.8) is 0 Å². The van der Waals surface area contributed by atoms with Gasteiger partial charge in [-0.1, -0.05) is 18.5 Å². The van der Waals surface area contributed by atoms with Gasteiger partial charge in [0.25, 0.3) is 11.8 Å². The van der Waals surface area contributed by atoms with Crippen LogP contribution in [0.1, 0.15) is 16.6 Å². The first-order valence-corrected chi connectivity index (χ1v) is 12.0. The summed E-state index contributed by atoms with van der Waals surface area (Å²) in [6.45, 7) is -0.250. The summed E-state index contributed by atoms with van der Waals surface area (Å²) < 4.78 is 59.6. The minimum absolute atomic E-state index is 0.142. The lowest BCUT2D eigenvalue weighted by Gasteiger charge is -2.30. The van der Waals surface area contributed by atoms with Crippen molar-refractivity contribution in [1.82, 2.24) is 10.2 Å². The van der Waals surface area contributed by atoms with Gasteiger partial charge in [0.15, 0.2) is 0 Å². The summed E-state index contributed by atoms with van der Waals surface area (Å²) in [6, 6.07) is 5.14. The SMILES string of the molecule is CCN(CC(F)(F)F)[C@@H](CNC(=O)c1ccc(Cl)s1)C(=O)Nc1ccc(N2CCOCC2=O)cc1F. The molecule has 2 heterocycles. The van der Waals surface area contributed by atoms with Crippen molar-refractivity contribution >= 4 is 52.0 Å². The van der Waals surface area contributed by atoms with Gasteiger partial charge in [0.2, 0.25) is 5.91 Å². The van der Waals surface area contributed by atoms with Crippen molar-refractivity contribution in [1.29, 1.82) is 0 Å². The van der Waals surface area contributed by atoms with Crippen LogP contribution in [0.5, 0.6) is 0 Å². The molecule has 0 saturated carbocycles. The molecule has 0 radical (unpaired) electrons. The standard InChI is InChI=1S/C22H23ClF4N4O4S/c1-2-30(12-22(25,26)27)16(10-28-21(34)17-5-6-18(23)36-17)20(33)29-15-4-3-13(9-14(15)24)31-7-8-35-11-19(31)32/h3-6,9,16H,2,7-8,10-12H2,1H3,(H,28,34)(H,29,33)/t16-/m0/s1. The number of ether oxygens (including phenoxy) is 1. The second-order valence-corrected chi connectivity index (χ2v) is 9.47. The molecule has 1 aliphatic heterocycles. The van der Waals surface area contributed by atoms with Gasteiger partial charge in [-0.15, -0.1) is 11.3 Å². The van der Waals surface area contributed by atoms with Crippen LogP contribution in [0.25, 0.3) is 0 Å². The minimum atomic E-state index is -4.61. The highest BCUT2D eigenvalue weighted by Gasteiger charge is 2.36. The summed E-state index contributed by atoms with van der Waals surface area (Å²) in [5, 5.41) is 4.74. The van der Waals surface area contributed by atoms with E-state index in [0.29, 0.717) is 4.34 Å². The van der Waals surface area contributed by atoms with E-state index < -0.39 is 42.9 Å². The molecular formula is C22H23ClF4N4O4S. The Bertz CT molecular complexity index is 1110. The molecule has 0 aliphatic carbocycles. The first-order chi connectivity index (χ1) is 17.0. The maximum atomic E-state index is 14.8. The maximum absolute atomic E-state index is 14.8. The van der Waals surface area contributed by atoms with E-state index >= 15 is 0 Å². The van der Waals surface area contributed by atoms with Crippen LogP contribution in [0.3, 0.4) is 0 Å². The summed E-state index contributed by atoms with van der Waals surface area (Å²) in [5.74, 6) is -2.79. The van der Waals surface area contributed by atoms with Crippen molar-refractivity contribution in [2.45, 2.75) is 19.1 Å². The van der Waals surface area contributed by atoms with E-state index in [2.05, 4.69) is 10.6 Å². The Morgan fingerprint density at radius 2 is 2.03 bits per heavy atom. The normalized spacial score (nSPS) is 15.2. The smallest absolute Gasteiger partial charge is 0.370 e. The largest absolute Gasteiger partial charge is 0.401 e. The Kier molecular flexibility index (Phi) is 9.28. The molecule has 2 aromatic rings. The molecule has 196 valence electrons. The molecule has 3 rings (SSSR count). The molecule has 3 amide bonds. The monoisotopic (exact) mass is 550 g/mol. The molecule has 1 fully saturated rings. The highest BCUT2D eigenvalue weighted by Crippen LogP contribution is 2.25. The lowest BCUT2D eigenvalue weighted by molar-refractivity contribution is -0.153. The van der Waals surface area contributed by atoms with Gasteiger partial charge in [0.1, 0.15) is 18.5 Å². The number of halogens is 5. The van der Waals surface area contributed by atoms with Gasteiger partial charge in [0.05, 0.1) is 28.1 Å². The number of carbonyl (C=O) groups excluding carboxylic acids is 3. The van der Waals surface area contributed by atoms with E-state index in [1.807, 2.05) is 0 Å².